The zero-order valence-electron chi connectivity index (χ0n) is 13.3. The third-order valence-electron chi connectivity index (χ3n) is 4.57. The average molecular weight is 295 g/mol. The summed E-state index contributed by atoms with van der Waals surface area (Å²) in [6.07, 6.45) is 4.65. The zero-order valence-corrected chi connectivity index (χ0v) is 14.1. The third kappa shape index (κ3) is 3.84. The summed E-state index contributed by atoms with van der Waals surface area (Å²) in [5.74, 6) is 0.811. The van der Waals surface area contributed by atoms with Gasteiger partial charge in [-0.3, -0.25) is 0 Å². The quantitative estimate of drug-likeness (QED) is 0.877. The molecule has 1 aromatic heterocycles. The molecule has 0 bridgehead atoms. The molecule has 0 atom stereocenters. The van der Waals surface area contributed by atoms with Gasteiger partial charge in [-0.05, 0) is 49.1 Å². The van der Waals surface area contributed by atoms with Crippen molar-refractivity contribution in [3.63, 3.8) is 0 Å². The van der Waals surface area contributed by atoms with Gasteiger partial charge < -0.3 is 10.4 Å². The van der Waals surface area contributed by atoms with Crippen LogP contribution in [-0.2, 0) is 12.0 Å². The monoisotopic (exact) mass is 295 g/mol. The fraction of sp³-hybridized carbons (Fsp3) is 0.765. The van der Waals surface area contributed by atoms with Crippen molar-refractivity contribution in [1.29, 1.82) is 0 Å². The summed E-state index contributed by atoms with van der Waals surface area (Å²) in [6.45, 7) is 10.2. The second-order valence-corrected chi connectivity index (χ2v) is 8.66. The molecule has 2 rings (SSSR count). The van der Waals surface area contributed by atoms with E-state index in [0.717, 1.165) is 25.3 Å². The van der Waals surface area contributed by atoms with Crippen molar-refractivity contribution >= 4 is 11.3 Å². The second-order valence-electron chi connectivity index (χ2n) is 7.49. The fourth-order valence-corrected chi connectivity index (χ4v) is 3.86. The summed E-state index contributed by atoms with van der Waals surface area (Å²) >= 11 is 1.89. The highest BCUT2D eigenvalue weighted by atomic mass is 32.1. The number of thiophene rings is 1. The largest absolute Gasteiger partial charge is 0.394 e. The van der Waals surface area contributed by atoms with Crippen LogP contribution in [-0.4, -0.2) is 17.3 Å². The Balaban J connectivity index is 1.95. The SMILES string of the molecule is CC1CCC(CO)(NCc2ccc(C(C)(C)C)s2)CC1. The summed E-state index contributed by atoms with van der Waals surface area (Å²) in [7, 11) is 0. The molecule has 0 saturated heterocycles. The molecule has 0 amide bonds. The molecule has 3 heteroatoms. The molecule has 0 spiro atoms. The Bertz CT molecular complexity index is 424. The molecule has 0 aliphatic heterocycles. The fourth-order valence-electron chi connectivity index (χ4n) is 2.86. The van der Waals surface area contributed by atoms with Gasteiger partial charge >= 0.3 is 0 Å². The van der Waals surface area contributed by atoms with Crippen LogP contribution in [0.5, 0.6) is 0 Å². The summed E-state index contributed by atoms with van der Waals surface area (Å²) in [4.78, 5) is 2.81. The molecule has 1 fully saturated rings. The Labute approximate surface area is 127 Å². The summed E-state index contributed by atoms with van der Waals surface area (Å²) in [6, 6.07) is 4.48. The predicted molar refractivity (Wildman–Crippen MR) is 87.3 cm³/mol. The summed E-state index contributed by atoms with van der Waals surface area (Å²) < 4.78 is 0. The maximum Gasteiger partial charge on any atom is 0.0613 e. The minimum absolute atomic E-state index is 0.0433. The van der Waals surface area contributed by atoms with E-state index in [9.17, 15) is 5.11 Å². The highest BCUT2D eigenvalue weighted by molar-refractivity contribution is 7.12. The van der Waals surface area contributed by atoms with Gasteiger partial charge in [0.2, 0.25) is 0 Å². The lowest BCUT2D eigenvalue weighted by molar-refractivity contribution is 0.104. The lowest BCUT2D eigenvalue weighted by Gasteiger charge is -2.39. The van der Waals surface area contributed by atoms with E-state index in [4.69, 9.17) is 0 Å². The van der Waals surface area contributed by atoms with Gasteiger partial charge in [-0.25, -0.2) is 0 Å². The van der Waals surface area contributed by atoms with Crippen LogP contribution < -0.4 is 5.32 Å². The first kappa shape index (κ1) is 16.0. The number of aliphatic hydroxyl groups excluding tert-OH is 1. The van der Waals surface area contributed by atoms with Crippen molar-refractivity contribution in [1.82, 2.24) is 5.32 Å². The average Bonchev–Trinajstić information content (AvgIpc) is 2.88. The first-order valence-electron chi connectivity index (χ1n) is 7.80. The van der Waals surface area contributed by atoms with Crippen molar-refractivity contribution in [3.8, 4) is 0 Å². The van der Waals surface area contributed by atoms with Crippen molar-refractivity contribution in [2.45, 2.75) is 70.9 Å². The molecule has 20 heavy (non-hydrogen) atoms. The van der Waals surface area contributed by atoms with Gasteiger partial charge in [-0.2, -0.15) is 0 Å². The normalized spacial score (nSPS) is 27.8. The molecule has 1 aliphatic carbocycles. The maximum atomic E-state index is 9.78. The van der Waals surface area contributed by atoms with Crippen molar-refractivity contribution in [2.24, 2.45) is 5.92 Å². The Morgan fingerprint density at radius 1 is 1.30 bits per heavy atom. The lowest BCUT2D eigenvalue weighted by Crippen LogP contribution is -2.50. The number of hydrogen-bond acceptors (Lipinski definition) is 3. The van der Waals surface area contributed by atoms with E-state index in [1.807, 2.05) is 11.3 Å². The van der Waals surface area contributed by atoms with Crippen LogP contribution in [0, 0.1) is 5.92 Å². The number of aliphatic hydroxyl groups is 1. The van der Waals surface area contributed by atoms with E-state index in [-0.39, 0.29) is 17.6 Å². The van der Waals surface area contributed by atoms with Crippen LogP contribution >= 0.6 is 11.3 Å². The molecule has 114 valence electrons. The Hall–Kier alpha value is -0.380. The molecule has 2 nitrogen and oxygen atoms in total. The van der Waals surface area contributed by atoms with Crippen LogP contribution in [0.1, 0.15) is 63.1 Å². The predicted octanol–water partition coefficient (Wildman–Crippen LogP) is 4.08. The Morgan fingerprint density at radius 3 is 2.45 bits per heavy atom. The smallest absolute Gasteiger partial charge is 0.0613 e. The van der Waals surface area contributed by atoms with E-state index >= 15 is 0 Å². The number of nitrogens with one attached hydrogen (secondary N) is 1. The van der Waals surface area contributed by atoms with Gasteiger partial charge in [0.15, 0.2) is 0 Å². The molecule has 1 aromatic rings. The van der Waals surface area contributed by atoms with Crippen molar-refractivity contribution in [3.05, 3.63) is 21.9 Å². The van der Waals surface area contributed by atoms with Crippen LogP contribution in [0.4, 0.5) is 0 Å². The van der Waals surface area contributed by atoms with Gasteiger partial charge in [-0.15, -0.1) is 11.3 Å². The van der Waals surface area contributed by atoms with Crippen LogP contribution in [0.15, 0.2) is 12.1 Å². The van der Waals surface area contributed by atoms with E-state index in [1.165, 1.54) is 22.6 Å². The van der Waals surface area contributed by atoms with Crippen molar-refractivity contribution < 1.29 is 5.11 Å². The second kappa shape index (κ2) is 6.17. The Morgan fingerprint density at radius 2 is 1.95 bits per heavy atom. The van der Waals surface area contributed by atoms with Gasteiger partial charge in [-0.1, -0.05) is 27.7 Å². The van der Waals surface area contributed by atoms with Gasteiger partial charge in [0.25, 0.3) is 0 Å². The number of hydrogen-bond donors (Lipinski definition) is 2. The number of rotatable bonds is 4. The standard InChI is InChI=1S/C17H29NOS/c1-13-7-9-17(12-19,10-8-13)18-11-14-5-6-15(20-14)16(2,3)4/h5-6,13,18-19H,7-12H2,1-4H3. The molecule has 1 aliphatic rings. The minimum atomic E-state index is -0.0433. The topological polar surface area (TPSA) is 32.3 Å². The highest BCUT2D eigenvalue weighted by Gasteiger charge is 2.33. The first-order chi connectivity index (χ1) is 9.35. The van der Waals surface area contributed by atoms with Gasteiger partial charge in [0.05, 0.1) is 6.61 Å². The molecule has 0 radical (unpaired) electrons. The molecule has 0 unspecified atom stereocenters. The molecule has 1 heterocycles. The van der Waals surface area contributed by atoms with E-state index in [0.29, 0.717) is 0 Å². The summed E-state index contributed by atoms with van der Waals surface area (Å²) in [5.41, 5.74) is 0.191. The van der Waals surface area contributed by atoms with E-state index < -0.39 is 0 Å². The molecule has 1 saturated carbocycles. The Kier molecular flexibility index (Phi) is 4.93. The highest BCUT2D eigenvalue weighted by Crippen LogP contribution is 2.33. The molecule has 2 N–H and O–H groups in total. The van der Waals surface area contributed by atoms with Gasteiger partial charge in [0, 0.05) is 21.8 Å². The molecule has 0 aromatic carbocycles. The minimum Gasteiger partial charge on any atom is -0.394 e. The third-order valence-corrected chi connectivity index (χ3v) is 6.08. The van der Waals surface area contributed by atoms with Crippen LogP contribution in [0.25, 0.3) is 0 Å². The zero-order chi connectivity index (χ0) is 14.8. The summed E-state index contributed by atoms with van der Waals surface area (Å²) in [5, 5.41) is 13.4. The first-order valence-corrected chi connectivity index (χ1v) is 8.61. The maximum absolute atomic E-state index is 9.78. The van der Waals surface area contributed by atoms with Gasteiger partial charge in [0.1, 0.15) is 0 Å². The lowest BCUT2D eigenvalue weighted by atomic mass is 9.77. The molecular weight excluding hydrogens is 266 g/mol. The van der Waals surface area contributed by atoms with Crippen LogP contribution in [0.2, 0.25) is 0 Å². The van der Waals surface area contributed by atoms with E-state index in [1.54, 1.807) is 0 Å². The molecular formula is C17H29NOS. The van der Waals surface area contributed by atoms with Crippen LogP contribution in [0.3, 0.4) is 0 Å². The van der Waals surface area contributed by atoms with Crippen molar-refractivity contribution in [2.75, 3.05) is 6.61 Å². The van der Waals surface area contributed by atoms with E-state index in [2.05, 4.69) is 45.1 Å².